The maximum atomic E-state index is 12.7. The minimum atomic E-state index is -4.35. The minimum absolute atomic E-state index is 0.0528. The number of benzene rings is 1. The van der Waals surface area contributed by atoms with Gasteiger partial charge in [-0.1, -0.05) is 26.0 Å². The van der Waals surface area contributed by atoms with E-state index in [4.69, 9.17) is 4.74 Å². The van der Waals surface area contributed by atoms with Crippen LogP contribution in [0.1, 0.15) is 31.1 Å². The fourth-order valence-electron chi connectivity index (χ4n) is 2.77. The number of amides is 1. The predicted octanol–water partition coefficient (Wildman–Crippen LogP) is 3.99. The van der Waals surface area contributed by atoms with E-state index in [9.17, 15) is 18.0 Å². The molecule has 134 valence electrons. The van der Waals surface area contributed by atoms with Crippen molar-refractivity contribution in [2.75, 3.05) is 31.7 Å². The lowest BCUT2D eigenvalue weighted by Crippen LogP contribution is -2.48. The number of hydrogen-bond donors (Lipinski definition) is 0. The number of rotatable bonds is 4. The van der Waals surface area contributed by atoms with Crippen molar-refractivity contribution < 1.29 is 22.7 Å². The molecule has 0 aliphatic carbocycles. The van der Waals surface area contributed by atoms with Crippen molar-refractivity contribution in [3.8, 4) is 0 Å². The monoisotopic (exact) mass is 361 g/mol. The molecule has 3 nitrogen and oxygen atoms in total. The number of halogens is 3. The molecule has 1 fully saturated rings. The van der Waals surface area contributed by atoms with Crippen molar-refractivity contribution in [1.82, 2.24) is 4.90 Å². The van der Waals surface area contributed by atoms with Gasteiger partial charge in [-0.2, -0.15) is 24.9 Å². The Morgan fingerprint density at radius 1 is 1.29 bits per heavy atom. The van der Waals surface area contributed by atoms with Crippen molar-refractivity contribution in [2.24, 2.45) is 5.41 Å². The molecule has 1 aliphatic heterocycles. The zero-order valence-corrected chi connectivity index (χ0v) is 14.8. The molecule has 0 radical (unpaired) electrons. The van der Waals surface area contributed by atoms with E-state index in [1.807, 2.05) is 20.1 Å². The number of ether oxygens (including phenoxy) is 1. The van der Waals surface area contributed by atoms with Crippen LogP contribution in [0.3, 0.4) is 0 Å². The Bertz CT molecular complexity index is 572. The Kier molecular flexibility index (Phi) is 5.86. The zero-order valence-electron chi connectivity index (χ0n) is 14.0. The lowest BCUT2D eigenvalue weighted by Gasteiger charge is -2.37. The first-order valence-electron chi connectivity index (χ1n) is 7.72. The molecule has 1 heterocycles. The maximum Gasteiger partial charge on any atom is 0.416 e. The molecule has 7 heteroatoms. The third kappa shape index (κ3) is 4.45. The van der Waals surface area contributed by atoms with Crippen LogP contribution < -0.4 is 0 Å². The van der Waals surface area contributed by atoms with Crippen molar-refractivity contribution in [3.63, 3.8) is 0 Å². The normalized spacial score (nSPS) is 19.4. The smallest absolute Gasteiger partial charge is 0.370 e. The summed E-state index contributed by atoms with van der Waals surface area (Å²) in [5, 5.41) is 0. The Labute approximate surface area is 144 Å². The number of morpholine rings is 1. The minimum Gasteiger partial charge on any atom is -0.370 e. The van der Waals surface area contributed by atoms with Crippen LogP contribution >= 0.6 is 11.8 Å². The highest BCUT2D eigenvalue weighted by Crippen LogP contribution is 2.32. The number of carbonyl (C=O) groups is 1. The standard InChI is InChI=1S/C17H22F3NO2S/c1-16(2,11-24-3)15(22)21-8-9-23-14(10-21)12-4-6-13(7-5-12)17(18,19)20/h4-7,14H,8-11H2,1-3H3. The van der Waals surface area contributed by atoms with Crippen LogP contribution in [0.25, 0.3) is 0 Å². The van der Waals surface area contributed by atoms with E-state index in [1.165, 1.54) is 12.1 Å². The molecule has 1 atom stereocenters. The Balaban J connectivity index is 2.09. The third-order valence-electron chi connectivity index (χ3n) is 4.05. The zero-order chi connectivity index (χ0) is 18.0. The second kappa shape index (κ2) is 7.35. The average Bonchev–Trinajstić information content (AvgIpc) is 2.53. The van der Waals surface area contributed by atoms with Crippen LogP contribution in [-0.2, 0) is 15.7 Å². The van der Waals surface area contributed by atoms with Crippen molar-refractivity contribution in [3.05, 3.63) is 35.4 Å². The first-order valence-corrected chi connectivity index (χ1v) is 9.11. The quantitative estimate of drug-likeness (QED) is 0.812. The van der Waals surface area contributed by atoms with Gasteiger partial charge in [0.05, 0.1) is 24.1 Å². The summed E-state index contributed by atoms with van der Waals surface area (Å²) in [7, 11) is 0. The van der Waals surface area contributed by atoms with Crippen LogP contribution in [-0.4, -0.2) is 42.5 Å². The predicted molar refractivity (Wildman–Crippen MR) is 88.9 cm³/mol. The van der Waals surface area contributed by atoms with Gasteiger partial charge in [-0.05, 0) is 24.0 Å². The van der Waals surface area contributed by atoms with Gasteiger partial charge in [0.25, 0.3) is 0 Å². The van der Waals surface area contributed by atoms with E-state index in [0.29, 0.717) is 31.0 Å². The summed E-state index contributed by atoms with van der Waals surface area (Å²) in [5.74, 6) is 0.769. The first kappa shape index (κ1) is 19.1. The molecule has 1 amide bonds. The molecule has 1 saturated heterocycles. The maximum absolute atomic E-state index is 12.7. The number of alkyl halides is 3. The molecule has 0 aromatic heterocycles. The molecule has 0 saturated carbocycles. The van der Waals surface area contributed by atoms with Gasteiger partial charge in [0.2, 0.25) is 5.91 Å². The molecule has 0 bridgehead atoms. The molecule has 2 rings (SSSR count). The molecule has 1 aliphatic rings. The molecule has 1 aromatic carbocycles. The summed E-state index contributed by atoms with van der Waals surface area (Å²) >= 11 is 1.62. The molecule has 0 spiro atoms. The summed E-state index contributed by atoms with van der Waals surface area (Å²) in [6.07, 6.45) is -2.79. The van der Waals surface area contributed by atoms with Crippen LogP contribution in [0.4, 0.5) is 13.2 Å². The number of nitrogens with zero attached hydrogens (tertiary/aromatic N) is 1. The molecule has 1 unspecified atom stereocenters. The summed E-state index contributed by atoms with van der Waals surface area (Å²) in [5.41, 5.74) is -0.499. The van der Waals surface area contributed by atoms with Gasteiger partial charge in [-0.3, -0.25) is 4.79 Å². The highest BCUT2D eigenvalue weighted by molar-refractivity contribution is 7.98. The summed E-state index contributed by atoms with van der Waals surface area (Å²) in [4.78, 5) is 14.4. The SMILES string of the molecule is CSCC(C)(C)C(=O)N1CCOC(c2ccc(C(F)(F)F)cc2)C1. The van der Waals surface area contributed by atoms with Crippen LogP contribution in [0, 0.1) is 5.41 Å². The average molecular weight is 361 g/mol. The summed E-state index contributed by atoms with van der Waals surface area (Å²) < 4.78 is 43.6. The van der Waals surface area contributed by atoms with Gasteiger partial charge in [-0.15, -0.1) is 0 Å². The van der Waals surface area contributed by atoms with E-state index in [1.54, 1.807) is 16.7 Å². The van der Waals surface area contributed by atoms with E-state index in [0.717, 1.165) is 12.1 Å². The second-order valence-electron chi connectivity index (χ2n) is 6.55. The Hall–Kier alpha value is -1.21. The van der Waals surface area contributed by atoms with Crippen LogP contribution in [0.2, 0.25) is 0 Å². The fraction of sp³-hybridized carbons (Fsp3) is 0.588. The Morgan fingerprint density at radius 3 is 2.46 bits per heavy atom. The Morgan fingerprint density at radius 2 is 1.92 bits per heavy atom. The third-order valence-corrected chi connectivity index (χ3v) is 5.06. The van der Waals surface area contributed by atoms with Crippen LogP contribution in [0.5, 0.6) is 0 Å². The van der Waals surface area contributed by atoms with Gasteiger partial charge in [0.1, 0.15) is 6.10 Å². The van der Waals surface area contributed by atoms with Gasteiger partial charge in [-0.25, -0.2) is 0 Å². The van der Waals surface area contributed by atoms with E-state index < -0.39 is 23.3 Å². The summed E-state index contributed by atoms with van der Waals surface area (Å²) in [6, 6.07) is 4.96. The van der Waals surface area contributed by atoms with E-state index in [2.05, 4.69) is 0 Å². The van der Waals surface area contributed by atoms with Gasteiger partial charge >= 0.3 is 6.18 Å². The second-order valence-corrected chi connectivity index (χ2v) is 7.41. The van der Waals surface area contributed by atoms with Crippen LogP contribution in [0.15, 0.2) is 24.3 Å². The molecular weight excluding hydrogens is 339 g/mol. The fourth-order valence-corrected chi connectivity index (χ4v) is 3.62. The molecule has 1 aromatic rings. The first-order chi connectivity index (χ1) is 11.1. The largest absolute Gasteiger partial charge is 0.416 e. The van der Waals surface area contributed by atoms with Gasteiger partial charge in [0.15, 0.2) is 0 Å². The van der Waals surface area contributed by atoms with Crippen molar-refractivity contribution in [1.29, 1.82) is 0 Å². The summed E-state index contributed by atoms with van der Waals surface area (Å²) in [6.45, 7) is 5.07. The highest BCUT2D eigenvalue weighted by atomic mass is 32.2. The number of hydrogen-bond acceptors (Lipinski definition) is 3. The van der Waals surface area contributed by atoms with E-state index in [-0.39, 0.29) is 5.91 Å². The topological polar surface area (TPSA) is 29.5 Å². The molecule has 0 N–H and O–H groups in total. The lowest BCUT2D eigenvalue weighted by atomic mass is 9.93. The van der Waals surface area contributed by atoms with Gasteiger partial charge < -0.3 is 9.64 Å². The van der Waals surface area contributed by atoms with Crippen molar-refractivity contribution >= 4 is 17.7 Å². The number of carbonyl (C=O) groups excluding carboxylic acids is 1. The number of thioether (sulfide) groups is 1. The highest BCUT2D eigenvalue weighted by Gasteiger charge is 2.35. The van der Waals surface area contributed by atoms with Gasteiger partial charge in [0, 0.05) is 12.3 Å². The van der Waals surface area contributed by atoms with E-state index >= 15 is 0 Å². The van der Waals surface area contributed by atoms with Crippen molar-refractivity contribution in [2.45, 2.75) is 26.1 Å². The molecular formula is C17H22F3NO2S. The molecule has 24 heavy (non-hydrogen) atoms. The lowest BCUT2D eigenvalue weighted by molar-refractivity contribution is -0.147.